The molecule has 2 rings (SSSR count). The molecule has 1 aliphatic heterocycles. The van der Waals surface area contributed by atoms with Crippen molar-refractivity contribution in [2.45, 2.75) is 58.3 Å². The third kappa shape index (κ3) is 6.45. The number of halogens is 1. The molecule has 2 fully saturated rings. The van der Waals surface area contributed by atoms with E-state index in [0.717, 1.165) is 50.2 Å². The van der Waals surface area contributed by atoms with Crippen molar-refractivity contribution in [3.05, 3.63) is 0 Å². The molecule has 1 amide bonds. The first-order valence-electron chi connectivity index (χ1n) is 8.21. The van der Waals surface area contributed by atoms with Gasteiger partial charge in [-0.25, -0.2) is 0 Å². The van der Waals surface area contributed by atoms with Crippen LogP contribution in [0.15, 0.2) is 0 Å². The molecule has 20 heavy (non-hydrogen) atoms. The van der Waals surface area contributed by atoms with Crippen molar-refractivity contribution < 1.29 is 4.79 Å². The first-order chi connectivity index (χ1) is 9.24. The highest BCUT2D eigenvalue weighted by atomic mass is 35.5. The molecule has 0 aromatic heterocycles. The number of rotatable bonds is 5. The number of piperidine rings is 1. The van der Waals surface area contributed by atoms with Crippen molar-refractivity contribution in [3.63, 3.8) is 0 Å². The Morgan fingerprint density at radius 2 is 1.90 bits per heavy atom. The maximum Gasteiger partial charge on any atom is 0.220 e. The number of carbonyl (C=O) groups is 1. The molecule has 1 saturated carbocycles. The average Bonchev–Trinajstić information content (AvgIpc) is 2.44. The number of nitrogens with one attached hydrogen (secondary N) is 2. The van der Waals surface area contributed by atoms with E-state index in [1.54, 1.807) is 0 Å². The molecule has 2 aliphatic rings. The summed E-state index contributed by atoms with van der Waals surface area (Å²) >= 11 is 0. The molecule has 1 heterocycles. The van der Waals surface area contributed by atoms with Gasteiger partial charge in [0.2, 0.25) is 5.91 Å². The predicted octanol–water partition coefficient (Wildman–Crippen LogP) is 3.13. The fourth-order valence-electron chi connectivity index (χ4n) is 3.60. The van der Waals surface area contributed by atoms with Gasteiger partial charge in [-0.05, 0) is 62.9 Å². The topological polar surface area (TPSA) is 41.1 Å². The van der Waals surface area contributed by atoms with Crippen LogP contribution < -0.4 is 10.6 Å². The Morgan fingerprint density at radius 1 is 1.15 bits per heavy atom. The second kappa shape index (κ2) is 9.62. The summed E-state index contributed by atoms with van der Waals surface area (Å²) in [6.07, 6.45) is 9.62. The van der Waals surface area contributed by atoms with E-state index in [1.165, 1.54) is 38.5 Å². The molecule has 0 aromatic rings. The van der Waals surface area contributed by atoms with Crippen LogP contribution in [-0.2, 0) is 4.79 Å². The van der Waals surface area contributed by atoms with Crippen LogP contribution >= 0.6 is 12.4 Å². The van der Waals surface area contributed by atoms with E-state index in [0.29, 0.717) is 0 Å². The summed E-state index contributed by atoms with van der Waals surface area (Å²) in [5.41, 5.74) is 0. The summed E-state index contributed by atoms with van der Waals surface area (Å²) in [6.45, 7) is 5.51. The van der Waals surface area contributed by atoms with Gasteiger partial charge < -0.3 is 10.6 Å². The fraction of sp³-hybridized carbons (Fsp3) is 0.938. The van der Waals surface area contributed by atoms with Crippen molar-refractivity contribution >= 4 is 18.3 Å². The highest BCUT2D eigenvalue weighted by Gasteiger charge is 2.19. The smallest absolute Gasteiger partial charge is 0.220 e. The van der Waals surface area contributed by atoms with Gasteiger partial charge in [-0.2, -0.15) is 0 Å². The first-order valence-corrected chi connectivity index (χ1v) is 8.21. The monoisotopic (exact) mass is 302 g/mol. The van der Waals surface area contributed by atoms with Crippen LogP contribution in [0.1, 0.15) is 58.3 Å². The van der Waals surface area contributed by atoms with E-state index in [1.807, 2.05) is 0 Å². The minimum atomic E-state index is 0. The molecule has 0 aromatic carbocycles. The van der Waals surface area contributed by atoms with Crippen LogP contribution in [0.25, 0.3) is 0 Å². The van der Waals surface area contributed by atoms with E-state index >= 15 is 0 Å². The lowest BCUT2D eigenvalue weighted by molar-refractivity contribution is -0.121. The van der Waals surface area contributed by atoms with Gasteiger partial charge >= 0.3 is 0 Å². The Morgan fingerprint density at radius 3 is 2.60 bits per heavy atom. The van der Waals surface area contributed by atoms with Crippen LogP contribution in [0.3, 0.4) is 0 Å². The maximum atomic E-state index is 11.9. The minimum Gasteiger partial charge on any atom is -0.356 e. The zero-order valence-corrected chi connectivity index (χ0v) is 13.6. The van der Waals surface area contributed by atoms with E-state index < -0.39 is 0 Å². The molecular formula is C16H31ClN2O. The van der Waals surface area contributed by atoms with Crippen molar-refractivity contribution in [3.8, 4) is 0 Å². The zero-order valence-electron chi connectivity index (χ0n) is 12.8. The number of amides is 1. The molecule has 2 atom stereocenters. The van der Waals surface area contributed by atoms with Gasteiger partial charge in [0.25, 0.3) is 0 Å². The van der Waals surface area contributed by atoms with Gasteiger partial charge in [-0.1, -0.05) is 19.8 Å². The van der Waals surface area contributed by atoms with E-state index in [4.69, 9.17) is 0 Å². The normalized spacial score (nSPS) is 27.6. The van der Waals surface area contributed by atoms with Crippen molar-refractivity contribution in [2.75, 3.05) is 19.6 Å². The molecule has 0 radical (unpaired) electrons. The highest BCUT2D eigenvalue weighted by Crippen LogP contribution is 2.28. The lowest BCUT2D eigenvalue weighted by atomic mass is 9.82. The van der Waals surface area contributed by atoms with Crippen molar-refractivity contribution in [1.82, 2.24) is 10.6 Å². The Hall–Kier alpha value is -0.280. The fourth-order valence-corrected chi connectivity index (χ4v) is 3.60. The molecule has 3 nitrogen and oxygen atoms in total. The summed E-state index contributed by atoms with van der Waals surface area (Å²) in [5.74, 6) is 2.62. The largest absolute Gasteiger partial charge is 0.356 e. The number of hydrogen-bond donors (Lipinski definition) is 2. The van der Waals surface area contributed by atoms with Gasteiger partial charge in [0.05, 0.1) is 0 Å². The molecule has 2 N–H and O–H groups in total. The second-order valence-corrected chi connectivity index (χ2v) is 6.67. The van der Waals surface area contributed by atoms with Gasteiger partial charge in [-0.3, -0.25) is 4.79 Å². The Bertz CT molecular complexity index is 280. The summed E-state index contributed by atoms with van der Waals surface area (Å²) < 4.78 is 0. The summed E-state index contributed by atoms with van der Waals surface area (Å²) in [7, 11) is 0. The SMILES string of the molecule is CC1CCCC(CNC(=O)CCC2CCNCC2)C1.Cl. The summed E-state index contributed by atoms with van der Waals surface area (Å²) in [4.78, 5) is 11.9. The Kier molecular flexibility index (Phi) is 8.55. The number of carbonyl (C=O) groups excluding carboxylic acids is 1. The van der Waals surface area contributed by atoms with Crippen LogP contribution in [0, 0.1) is 17.8 Å². The van der Waals surface area contributed by atoms with Crippen LogP contribution in [0.4, 0.5) is 0 Å². The van der Waals surface area contributed by atoms with Crippen LogP contribution in [0.5, 0.6) is 0 Å². The Labute approximate surface area is 130 Å². The second-order valence-electron chi connectivity index (χ2n) is 6.67. The van der Waals surface area contributed by atoms with E-state index in [2.05, 4.69) is 17.6 Å². The summed E-state index contributed by atoms with van der Waals surface area (Å²) in [5, 5.41) is 6.53. The van der Waals surface area contributed by atoms with Crippen molar-refractivity contribution in [1.29, 1.82) is 0 Å². The molecule has 2 unspecified atom stereocenters. The van der Waals surface area contributed by atoms with Gasteiger partial charge in [0, 0.05) is 13.0 Å². The number of hydrogen-bond acceptors (Lipinski definition) is 2. The molecule has 118 valence electrons. The highest BCUT2D eigenvalue weighted by molar-refractivity contribution is 5.85. The van der Waals surface area contributed by atoms with Gasteiger partial charge in [0.1, 0.15) is 0 Å². The van der Waals surface area contributed by atoms with Crippen molar-refractivity contribution in [2.24, 2.45) is 17.8 Å². The average molecular weight is 303 g/mol. The van der Waals surface area contributed by atoms with Crippen LogP contribution in [-0.4, -0.2) is 25.5 Å². The maximum absolute atomic E-state index is 11.9. The molecule has 0 spiro atoms. The van der Waals surface area contributed by atoms with Crippen LogP contribution in [0.2, 0.25) is 0 Å². The molecule has 4 heteroatoms. The Balaban J connectivity index is 0.00000200. The predicted molar refractivity (Wildman–Crippen MR) is 86.2 cm³/mol. The van der Waals surface area contributed by atoms with E-state index in [9.17, 15) is 4.79 Å². The first kappa shape index (κ1) is 17.8. The van der Waals surface area contributed by atoms with Gasteiger partial charge in [-0.15, -0.1) is 12.4 Å². The molecule has 0 bridgehead atoms. The zero-order chi connectivity index (χ0) is 13.5. The molecule has 1 aliphatic carbocycles. The van der Waals surface area contributed by atoms with E-state index in [-0.39, 0.29) is 18.3 Å². The lowest BCUT2D eigenvalue weighted by Crippen LogP contribution is -2.32. The standard InChI is InChI=1S/C16H30N2O.ClH/c1-13-3-2-4-15(11-13)12-18-16(19)6-5-14-7-9-17-10-8-14;/h13-15,17H,2-12H2,1H3,(H,18,19);1H. The minimum absolute atomic E-state index is 0. The third-order valence-corrected chi connectivity index (χ3v) is 4.87. The summed E-state index contributed by atoms with van der Waals surface area (Å²) in [6, 6.07) is 0. The lowest BCUT2D eigenvalue weighted by Gasteiger charge is -2.27. The van der Waals surface area contributed by atoms with Gasteiger partial charge in [0.15, 0.2) is 0 Å². The molecule has 1 saturated heterocycles. The third-order valence-electron chi connectivity index (χ3n) is 4.87. The quantitative estimate of drug-likeness (QED) is 0.819. The molecular weight excluding hydrogens is 272 g/mol.